The summed E-state index contributed by atoms with van der Waals surface area (Å²) in [5.74, 6) is -0.649. The predicted molar refractivity (Wildman–Crippen MR) is 173 cm³/mol. The number of nitrogens with two attached hydrogens (primary N) is 1. The molecule has 1 aliphatic rings. The number of anilines is 2. The Labute approximate surface area is 271 Å². The van der Waals surface area contributed by atoms with Crippen LogP contribution in [0, 0.1) is 11.3 Å². The zero-order valence-electron chi connectivity index (χ0n) is 26.3. The molecule has 1 aromatic carbocycles. The van der Waals surface area contributed by atoms with Crippen molar-refractivity contribution >= 4 is 58.2 Å². The van der Waals surface area contributed by atoms with Crippen LogP contribution in [0.25, 0.3) is 0 Å². The van der Waals surface area contributed by atoms with Crippen LogP contribution in [0.3, 0.4) is 0 Å². The number of allylic oxidation sites excluding steroid dienone is 1. The van der Waals surface area contributed by atoms with Crippen molar-refractivity contribution in [2.45, 2.75) is 46.3 Å². The number of nitrogens with one attached hydrogen (secondary N) is 1. The van der Waals surface area contributed by atoms with Crippen molar-refractivity contribution in [2.24, 2.45) is 13.0 Å². The third-order valence-electron chi connectivity index (χ3n) is 6.98. The quantitative estimate of drug-likeness (QED) is 0.372. The minimum absolute atomic E-state index is 0.0354. The van der Waals surface area contributed by atoms with Crippen LogP contribution in [0.5, 0.6) is 5.88 Å². The smallest absolute Gasteiger partial charge is 0.416 e. The molecule has 0 bridgehead atoms. The Morgan fingerprint density at radius 1 is 1.13 bits per heavy atom. The normalized spacial score (nSPS) is 16.3. The Hall–Kier alpha value is -4.26. The number of rotatable bonds is 7. The van der Waals surface area contributed by atoms with Gasteiger partial charge in [-0.15, -0.1) is 0 Å². The molecular formula is C31H36Cl2N7O5+. The van der Waals surface area contributed by atoms with Crippen LogP contribution in [-0.2, 0) is 16.6 Å². The van der Waals surface area contributed by atoms with E-state index in [0.717, 1.165) is 0 Å². The first-order valence-electron chi connectivity index (χ1n) is 14.0. The number of halogens is 2. The monoisotopic (exact) mass is 656 g/mol. The summed E-state index contributed by atoms with van der Waals surface area (Å²) >= 11 is 12.5. The summed E-state index contributed by atoms with van der Waals surface area (Å²) < 4.78 is 12.3. The van der Waals surface area contributed by atoms with Crippen LogP contribution in [0.2, 0.25) is 10.0 Å². The van der Waals surface area contributed by atoms with Crippen molar-refractivity contribution in [1.29, 1.82) is 5.41 Å². The van der Waals surface area contributed by atoms with Crippen LogP contribution in [-0.4, -0.2) is 52.0 Å². The maximum Gasteiger partial charge on any atom is 0.416 e. The summed E-state index contributed by atoms with van der Waals surface area (Å²) in [4.78, 5) is 51.1. The number of benzene rings is 1. The second kappa shape index (κ2) is 13.0. The van der Waals surface area contributed by atoms with Crippen molar-refractivity contribution in [3.8, 4) is 5.88 Å². The van der Waals surface area contributed by atoms with Crippen molar-refractivity contribution in [3.63, 3.8) is 0 Å². The molecular weight excluding hydrogens is 621 g/mol. The van der Waals surface area contributed by atoms with E-state index < -0.39 is 29.2 Å². The van der Waals surface area contributed by atoms with Crippen LogP contribution >= 0.6 is 23.2 Å². The largest absolute Gasteiger partial charge is 0.477 e. The summed E-state index contributed by atoms with van der Waals surface area (Å²) in [5, 5.41) is 11.5. The maximum absolute atomic E-state index is 13.9. The molecule has 12 nitrogen and oxygen atoms in total. The molecule has 45 heavy (non-hydrogen) atoms. The Morgan fingerprint density at radius 3 is 2.36 bits per heavy atom. The Morgan fingerprint density at radius 2 is 1.78 bits per heavy atom. The van der Waals surface area contributed by atoms with E-state index in [1.54, 1.807) is 57.4 Å². The average Bonchev–Trinajstić information content (AvgIpc) is 3.22. The third-order valence-corrected chi connectivity index (χ3v) is 7.44. The van der Waals surface area contributed by atoms with Crippen LogP contribution < -0.4 is 25.4 Å². The number of carbonyl (C=O) groups is 2. The summed E-state index contributed by atoms with van der Waals surface area (Å²) in [6, 6.07) is 7.45. The standard InChI is InChI=1S/C31H35Cl2N7O5/c1-16(2)24(36-20-14-35-29(37-26(20)44-8)39(7)30(43)45-31(3,4)5)22-23(34)28(42)40(21-13-19(33)15-38(6)27(21)41)25(22)17-9-11-18(32)12-10-17/h9-16,25,34,36H,1-8H3/p+1/b24-22+,34-23?. The minimum atomic E-state index is -0.855. The highest BCUT2D eigenvalue weighted by Gasteiger charge is 2.47. The van der Waals surface area contributed by atoms with E-state index in [4.69, 9.17) is 38.1 Å². The van der Waals surface area contributed by atoms with Gasteiger partial charge in [0.05, 0.1) is 29.9 Å². The number of amides is 2. The Bertz CT molecular complexity index is 1750. The zero-order valence-corrected chi connectivity index (χ0v) is 27.8. The maximum atomic E-state index is 13.9. The van der Waals surface area contributed by atoms with Crippen LogP contribution in [0.1, 0.15) is 46.2 Å². The number of pyridine rings is 1. The highest BCUT2D eigenvalue weighted by molar-refractivity contribution is 6.52. The topological polar surface area (TPSA) is 147 Å². The third kappa shape index (κ3) is 7.03. The zero-order chi connectivity index (χ0) is 33.4. The number of ether oxygens (including phenoxy) is 2. The van der Waals surface area contributed by atoms with Crippen LogP contribution in [0.4, 0.5) is 22.1 Å². The highest BCUT2D eigenvalue weighted by atomic mass is 35.5. The number of hydrogen-bond donors (Lipinski definition) is 2. The molecule has 14 heteroatoms. The fourth-order valence-corrected chi connectivity index (χ4v) is 5.26. The minimum Gasteiger partial charge on any atom is -0.477 e. The van der Waals surface area contributed by atoms with E-state index in [9.17, 15) is 14.4 Å². The molecule has 4 rings (SSSR count). The molecule has 1 saturated heterocycles. The van der Waals surface area contributed by atoms with Crippen molar-refractivity contribution in [1.82, 2.24) is 14.5 Å². The number of methoxy groups -OCH3 is 1. The lowest BCUT2D eigenvalue weighted by Crippen LogP contribution is -2.77. The molecule has 2 aromatic heterocycles. The number of carbonyl (C=O) groups excluding carboxylic acids is 2. The van der Waals surface area contributed by atoms with Gasteiger partial charge in [0.25, 0.3) is 17.3 Å². The second-order valence-corrected chi connectivity index (χ2v) is 12.7. The molecule has 0 saturated carbocycles. The number of quaternary nitrogens is 1. The molecule has 3 N–H and O–H groups in total. The molecule has 1 unspecified atom stereocenters. The van der Waals surface area contributed by atoms with Gasteiger partial charge >= 0.3 is 6.09 Å². The highest BCUT2D eigenvalue weighted by Crippen LogP contribution is 2.41. The molecule has 3 aromatic rings. The predicted octanol–water partition coefficient (Wildman–Crippen LogP) is 4.77. The van der Waals surface area contributed by atoms with E-state index in [2.05, 4.69) is 9.97 Å². The molecule has 0 aliphatic carbocycles. The van der Waals surface area contributed by atoms with Crippen molar-refractivity contribution < 1.29 is 24.4 Å². The van der Waals surface area contributed by atoms with E-state index in [1.165, 1.54) is 47.0 Å². The molecule has 2 amide bonds. The van der Waals surface area contributed by atoms with Gasteiger partial charge in [0.1, 0.15) is 22.7 Å². The molecule has 0 radical (unpaired) electrons. The van der Waals surface area contributed by atoms with Gasteiger partial charge in [-0.1, -0.05) is 49.2 Å². The fraction of sp³-hybridized carbons (Fsp3) is 0.355. The van der Waals surface area contributed by atoms with Gasteiger partial charge in [-0.25, -0.2) is 14.7 Å². The molecule has 3 heterocycles. The van der Waals surface area contributed by atoms with Gasteiger partial charge in [0.2, 0.25) is 11.6 Å². The molecule has 1 atom stereocenters. The Balaban J connectivity index is 1.88. The Kier molecular flexibility index (Phi) is 9.71. The number of hydrogen-bond acceptors (Lipinski definition) is 8. The summed E-state index contributed by atoms with van der Waals surface area (Å²) in [5.41, 5.74) is 0.676. The van der Waals surface area contributed by atoms with Gasteiger partial charge in [0.15, 0.2) is 0 Å². The lowest BCUT2D eigenvalue weighted by atomic mass is 9.92. The van der Waals surface area contributed by atoms with Gasteiger partial charge in [-0.3, -0.25) is 25.2 Å². The summed E-state index contributed by atoms with van der Waals surface area (Å²) in [7, 11) is 4.47. The molecule has 1 aliphatic heterocycles. The number of nitrogens with zero attached hydrogens (tertiary/aromatic N) is 5. The van der Waals surface area contributed by atoms with Crippen molar-refractivity contribution in [3.05, 3.63) is 80.0 Å². The number of aromatic nitrogens is 3. The SMILES string of the molecule is COc1nc(N(C)C(=O)OC(C)(C)C)ncc1[NH2+]/C(=C1\C(=N)C(=O)N(c2cc(Cl)cn(C)c2=O)C1c1ccc(Cl)cc1)C(C)C. The fourth-order valence-electron chi connectivity index (χ4n) is 4.88. The molecule has 0 spiro atoms. The van der Waals surface area contributed by atoms with Crippen molar-refractivity contribution in [2.75, 3.05) is 24.0 Å². The van der Waals surface area contributed by atoms with E-state index in [-0.39, 0.29) is 34.2 Å². The lowest BCUT2D eigenvalue weighted by molar-refractivity contribution is -0.526. The van der Waals surface area contributed by atoms with E-state index in [1.807, 2.05) is 13.8 Å². The van der Waals surface area contributed by atoms with Crippen LogP contribution in [0.15, 0.2) is 58.8 Å². The lowest BCUT2D eigenvalue weighted by Gasteiger charge is -2.26. The van der Waals surface area contributed by atoms with Gasteiger partial charge < -0.3 is 14.0 Å². The summed E-state index contributed by atoms with van der Waals surface area (Å²) in [6.07, 6.45) is 2.31. The van der Waals surface area contributed by atoms with E-state index in [0.29, 0.717) is 27.5 Å². The van der Waals surface area contributed by atoms with Gasteiger partial charge in [-0.2, -0.15) is 4.98 Å². The average molecular weight is 658 g/mol. The first kappa shape index (κ1) is 33.6. The first-order chi connectivity index (χ1) is 21.0. The molecule has 1 fully saturated rings. The second-order valence-electron chi connectivity index (χ2n) is 11.8. The summed E-state index contributed by atoms with van der Waals surface area (Å²) in [6.45, 7) is 9.12. The van der Waals surface area contributed by atoms with Gasteiger partial charge in [0, 0.05) is 31.2 Å². The van der Waals surface area contributed by atoms with E-state index >= 15 is 0 Å². The first-order valence-corrected chi connectivity index (χ1v) is 14.8. The molecule has 238 valence electrons. The number of aryl methyl sites for hydroxylation is 1. The van der Waals surface area contributed by atoms with Gasteiger partial charge in [-0.05, 0) is 44.5 Å².